The highest BCUT2D eigenvalue weighted by molar-refractivity contribution is 5.99. The predicted octanol–water partition coefficient (Wildman–Crippen LogP) is 2.68. The van der Waals surface area contributed by atoms with Gasteiger partial charge in [0, 0.05) is 18.0 Å². The van der Waals surface area contributed by atoms with Gasteiger partial charge in [-0.25, -0.2) is 4.79 Å². The fourth-order valence-corrected chi connectivity index (χ4v) is 1.77. The number of hydrogen-bond donors (Lipinski definition) is 0. The lowest BCUT2D eigenvalue weighted by Crippen LogP contribution is -2.04. The highest BCUT2D eigenvalue weighted by Crippen LogP contribution is 2.27. The van der Waals surface area contributed by atoms with E-state index in [1.807, 2.05) is 0 Å². The topological polar surface area (TPSA) is 70.0 Å². The van der Waals surface area contributed by atoms with Crippen LogP contribution in [0.25, 0.3) is 0 Å². The number of carbonyl (C=O) groups is 1. The molecular formula is C16H16N2O4. The quantitative estimate of drug-likeness (QED) is 0.482. The minimum Gasteiger partial charge on any atom is -0.493 e. The van der Waals surface area contributed by atoms with Crippen LogP contribution in [-0.2, 0) is 4.84 Å². The lowest BCUT2D eigenvalue weighted by Gasteiger charge is -2.08. The number of benzene rings is 1. The van der Waals surface area contributed by atoms with Gasteiger partial charge in [0.15, 0.2) is 11.5 Å². The van der Waals surface area contributed by atoms with Gasteiger partial charge in [0.2, 0.25) is 0 Å². The summed E-state index contributed by atoms with van der Waals surface area (Å²) in [6.45, 7) is 1.75. The van der Waals surface area contributed by atoms with Gasteiger partial charge < -0.3 is 14.3 Å². The molecule has 22 heavy (non-hydrogen) atoms. The van der Waals surface area contributed by atoms with E-state index >= 15 is 0 Å². The molecule has 0 aliphatic carbocycles. The van der Waals surface area contributed by atoms with Crippen molar-refractivity contribution in [2.75, 3.05) is 14.2 Å². The molecule has 1 aromatic heterocycles. The van der Waals surface area contributed by atoms with E-state index in [1.54, 1.807) is 49.6 Å². The minimum absolute atomic E-state index is 0.323. The Bertz CT molecular complexity index is 684. The molecule has 0 bridgehead atoms. The van der Waals surface area contributed by atoms with Gasteiger partial charge in [-0.3, -0.25) is 4.98 Å². The van der Waals surface area contributed by atoms with Gasteiger partial charge in [0.1, 0.15) is 0 Å². The van der Waals surface area contributed by atoms with Crippen molar-refractivity contribution in [3.63, 3.8) is 0 Å². The first-order valence-electron chi connectivity index (χ1n) is 6.54. The molecule has 0 atom stereocenters. The van der Waals surface area contributed by atoms with Crippen LogP contribution in [0.2, 0.25) is 0 Å². The number of pyridine rings is 1. The van der Waals surface area contributed by atoms with E-state index in [2.05, 4.69) is 10.1 Å². The van der Waals surface area contributed by atoms with Crippen LogP contribution in [0.4, 0.5) is 0 Å². The zero-order valence-corrected chi connectivity index (χ0v) is 12.6. The van der Waals surface area contributed by atoms with Crippen molar-refractivity contribution in [2.24, 2.45) is 5.16 Å². The normalized spacial score (nSPS) is 11.0. The fraction of sp³-hybridized carbons (Fsp3) is 0.188. The molecule has 0 unspecified atom stereocenters. The Morgan fingerprint density at radius 1 is 1.00 bits per heavy atom. The summed E-state index contributed by atoms with van der Waals surface area (Å²) in [7, 11) is 3.02. The Hall–Kier alpha value is -2.89. The van der Waals surface area contributed by atoms with E-state index < -0.39 is 5.97 Å². The molecule has 0 radical (unpaired) electrons. The summed E-state index contributed by atoms with van der Waals surface area (Å²) in [5.74, 6) is 0.414. The molecule has 2 aromatic rings. The average Bonchev–Trinajstić information content (AvgIpc) is 2.59. The maximum Gasteiger partial charge on any atom is 0.365 e. The highest BCUT2D eigenvalue weighted by Gasteiger charge is 2.12. The molecule has 1 aromatic carbocycles. The van der Waals surface area contributed by atoms with Gasteiger partial charge in [0.25, 0.3) is 0 Å². The Kier molecular flexibility index (Phi) is 5.08. The molecule has 114 valence electrons. The van der Waals surface area contributed by atoms with Gasteiger partial charge >= 0.3 is 5.97 Å². The molecular weight excluding hydrogens is 284 g/mol. The number of hydrogen-bond acceptors (Lipinski definition) is 6. The number of rotatable bonds is 5. The third-order valence-electron chi connectivity index (χ3n) is 2.98. The van der Waals surface area contributed by atoms with E-state index in [0.717, 1.165) is 5.56 Å². The Morgan fingerprint density at radius 2 is 1.68 bits per heavy atom. The maximum absolute atomic E-state index is 12.0. The molecule has 1 heterocycles. The van der Waals surface area contributed by atoms with Crippen molar-refractivity contribution in [3.05, 3.63) is 53.9 Å². The van der Waals surface area contributed by atoms with Gasteiger partial charge in [-0.05, 0) is 37.3 Å². The Morgan fingerprint density at radius 3 is 2.32 bits per heavy atom. The standard InChI is InChI=1S/C16H16N2O4/c1-11(12-6-8-17-9-7-12)18-22-16(19)13-4-5-14(20-2)15(10-13)21-3/h4-10H,1-3H3/b18-11+. The first kappa shape index (κ1) is 15.5. The van der Waals surface area contributed by atoms with Crippen LogP contribution < -0.4 is 9.47 Å². The summed E-state index contributed by atoms with van der Waals surface area (Å²) >= 11 is 0. The van der Waals surface area contributed by atoms with Crippen LogP contribution in [0.5, 0.6) is 11.5 Å². The SMILES string of the molecule is COc1ccc(C(=O)O/N=C(\C)c2ccncc2)cc1OC. The summed E-state index contributed by atoms with van der Waals surface area (Å²) in [5.41, 5.74) is 1.73. The van der Waals surface area contributed by atoms with Crippen molar-refractivity contribution in [1.29, 1.82) is 0 Å². The molecule has 0 saturated heterocycles. The number of methoxy groups -OCH3 is 2. The molecule has 2 rings (SSSR count). The van der Waals surface area contributed by atoms with Gasteiger partial charge in [-0.15, -0.1) is 0 Å². The molecule has 0 aliphatic heterocycles. The monoisotopic (exact) mass is 300 g/mol. The van der Waals surface area contributed by atoms with Gasteiger partial charge in [0.05, 0.1) is 25.5 Å². The fourth-order valence-electron chi connectivity index (χ4n) is 1.77. The van der Waals surface area contributed by atoms with Gasteiger partial charge in [-0.1, -0.05) is 5.16 Å². The summed E-state index contributed by atoms with van der Waals surface area (Å²) in [6.07, 6.45) is 3.29. The summed E-state index contributed by atoms with van der Waals surface area (Å²) in [5, 5.41) is 3.84. The number of carbonyl (C=O) groups excluding carboxylic acids is 1. The van der Waals surface area contributed by atoms with Crippen LogP contribution in [0.1, 0.15) is 22.8 Å². The van der Waals surface area contributed by atoms with Crippen LogP contribution in [0.15, 0.2) is 47.9 Å². The minimum atomic E-state index is -0.575. The van der Waals surface area contributed by atoms with Crippen LogP contribution >= 0.6 is 0 Å². The third-order valence-corrected chi connectivity index (χ3v) is 2.98. The summed E-state index contributed by atoms with van der Waals surface area (Å²) in [4.78, 5) is 20.9. The third kappa shape index (κ3) is 3.60. The molecule has 6 nitrogen and oxygen atoms in total. The zero-order chi connectivity index (χ0) is 15.9. The first-order chi connectivity index (χ1) is 10.7. The number of aromatic nitrogens is 1. The van der Waals surface area contributed by atoms with Gasteiger partial charge in [-0.2, -0.15) is 0 Å². The molecule has 0 N–H and O–H groups in total. The Labute approximate surface area is 128 Å². The second-order valence-corrected chi connectivity index (χ2v) is 4.36. The van der Waals surface area contributed by atoms with Crippen molar-refractivity contribution in [1.82, 2.24) is 4.98 Å². The number of oxime groups is 1. The lowest BCUT2D eigenvalue weighted by molar-refractivity contribution is 0.0516. The maximum atomic E-state index is 12.0. The Balaban J connectivity index is 2.12. The van der Waals surface area contributed by atoms with Crippen LogP contribution in [0, 0.1) is 0 Å². The molecule has 0 saturated carbocycles. The summed E-state index contributed by atoms with van der Waals surface area (Å²) < 4.78 is 10.3. The van der Waals surface area contributed by atoms with Crippen LogP contribution in [-0.4, -0.2) is 30.9 Å². The second-order valence-electron chi connectivity index (χ2n) is 4.36. The molecule has 0 aliphatic rings. The van der Waals surface area contributed by atoms with Crippen molar-refractivity contribution >= 4 is 11.7 Å². The molecule has 0 spiro atoms. The van der Waals surface area contributed by atoms with Crippen LogP contribution in [0.3, 0.4) is 0 Å². The first-order valence-corrected chi connectivity index (χ1v) is 6.54. The van der Waals surface area contributed by atoms with Crippen molar-refractivity contribution in [3.8, 4) is 11.5 Å². The molecule has 6 heteroatoms. The molecule has 0 fully saturated rings. The zero-order valence-electron chi connectivity index (χ0n) is 12.6. The largest absolute Gasteiger partial charge is 0.493 e. The van der Waals surface area contributed by atoms with E-state index in [9.17, 15) is 4.79 Å². The summed E-state index contributed by atoms with van der Waals surface area (Å²) in [6, 6.07) is 8.32. The number of ether oxygens (including phenoxy) is 2. The highest BCUT2D eigenvalue weighted by atomic mass is 16.7. The average molecular weight is 300 g/mol. The molecule has 0 amide bonds. The smallest absolute Gasteiger partial charge is 0.365 e. The van der Waals surface area contributed by atoms with E-state index in [1.165, 1.54) is 14.2 Å². The van der Waals surface area contributed by atoms with Crippen molar-refractivity contribution in [2.45, 2.75) is 6.92 Å². The second kappa shape index (κ2) is 7.21. The number of nitrogens with zero attached hydrogens (tertiary/aromatic N) is 2. The van der Waals surface area contributed by atoms with Crippen molar-refractivity contribution < 1.29 is 19.1 Å². The van der Waals surface area contributed by atoms with E-state index in [-0.39, 0.29) is 0 Å². The van der Waals surface area contributed by atoms with E-state index in [0.29, 0.717) is 22.8 Å². The van der Waals surface area contributed by atoms with E-state index in [4.69, 9.17) is 14.3 Å². The predicted molar refractivity (Wildman–Crippen MR) is 81.4 cm³/mol. The lowest BCUT2D eigenvalue weighted by atomic mass is 10.2.